The molecule has 18 heavy (non-hydrogen) atoms. The predicted octanol–water partition coefficient (Wildman–Crippen LogP) is 2.28. The maximum absolute atomic E-state index is 12.9. The number of aryl methyl sites for hydroxylation is 1. The summed E-state index contributed by atoms with van der Waals surface area (Å²) in [5.41, 5.74) is 0.828. The van der Waals surface area contributed by atoms with Gasteiger partial charge in [-0.25, -0.2) is 4.39 Å². The van der Waals surface area contributed by atoms with E-state index < -0.39 is 0 Å². The van der Waals surface area contributed by atoms with Gasteiger partial charge in [0.25, 0.3) is 0 Å². The van der Waals surface area contributed by atoms with Crippen molar-refractivity contribution in [2.24, 2.45) is 0 Å². The summed E-state index contributed by atoms with van der Waals surface area (Å²) in [5, 5.41) is 3.30. The molecule has 0 aliphatic carbocycles. The summed E-state index contributed by atoms with van der Waals surface area (Å²) in [6, 6.07) is 4.57. The first kappa shape index (κ1) is 13.3. The second kappa shape index (κ2) is 6.71. The Morgan fingerprint density at radius 3 is 3.11 bits per heavy atom. The van der Waals surface area contributed by atoms with Gasteiger partial charge < -0.3 is 14.8 Å². The number of nitrogens with one attached hydrogen (secondary N) is 1. The highest BCUT2D eigenvalue weighted by molar-refractivity contribution is 5.32. The van der Waals surface area contributed by atoms with Gasteiger partial charge in [0.05, 0.1) is 6.10 Å². The van der Waals surface area contributed by atoms with E-state index in [-0.39, 0.29) is 5.82 Å². The first-order chi connectivity index (χ1) is 8.75. The van der Waals surface area contributed by atoms with E-state index in [0.29, 0.717) is 12.7 Å². The lowest BCUT2D eigenvalue weighted by atomic mass is 10.2. The van der Waals surface area contributed by atoms with Crippen molar-refractivity contribution in [1.29, 1.82) is 0 Å². The molecule has 3 nitrogen and oxygen atoms in total. The molecule has 1 aliphatic rings. The quantitative estimate of drug-likeness (QED) is 0.789. The Kier molecular flexibility index (Phi) is 4.96. The van der Waals surface area contributed by atoms with Crippen LogP contribution in [0.1, 0.15) is 18.4 Å². The minimum absolute atomic E-state index is 0.226. The van der Waals surface area contributed by atoms with Crippen LogP contribution in [-0.2, 0) is 4.74 Å². The molecule has 1 saturated heterocycles. The fourth-order valence-corrected chi connectivity index (χ4v) is 2.08. The van der Waals surface area contributed by atoms with Gasteiger partial charge >= 0.3 is 0 Å². The lowest BCUT2D eigenvalue weighted by Crippen LogP contribution is -2.29. The van der Waals surface area contributed by atoms with E-state index in [1.165, 1.54) is 12.1 Å². The fraction of sp³-hybridized carbons (Fsp3) is 0.571. The van der Waals surface area contributed by atoms with Gasteiger partial charge in [0, 0.05) is 19.7 Å². The molecule has 1 unspecified atom stereocenters. The number of halogens is 1. The monoisotopic (exact) mass is 253 g/mol. The molecule has 1 fully saturated rings. The molecule has 2 rings (SSSR count). The number of hydrogen-bond donors (Lipinski definition) is 1. The van der Waals surface area contributed by atoms with Crippen molar-refractivity contribution in [3.63, 3.8) is 0 Å². The number of ether oxygens (including phenoxy) is 2. The topological polar surface area (TPSA) is 30.5 Å². The Labute approximate surface area is 107 Å². The molecule has 0 amide bonds. The van der Waals surface area contributed by atoms with Crippen LogP contribution in [0.2, 0.25) is 0 Å². The average Bonchev–Trinajstić information content (AvgIpc) is 2.84. The van der Waals surface area contributed by atoms with E-state index in [2.05, 4.69) is 5.32 Å². The zero-order valence-electron chi connectivity index (χ0n) is 10.7. The molecule has 0 bridgehead atoms. The van der Waals surface area contributed by atoms with Crippen LogP contribution in [0.4, 0.5) is 4.39 Å². The van der Waals surface area contributed by atoms with Gasteiger partial charge in [-0.2, -0.15) is 0 Å². The van der Waals surface area contributed by atoms with Gasteiger partial charge in [-0.1, -0.05) is 0 Å². The van der Waals surface area contributed by atoms with Crippen molar-refractivity contribution in [3.05, 3.63) is 29.6 Å². The lowest BCUT2D eigenvalue weighted by molar-refractivity contribution is 0.109. The van der Waals surface area contributed by atoms with Crippen molar-refractivity contribution in [2.75, 3.05) is 26.3 Å². The Bertz CT molecular complexity index is 378. The molecule has 1 aromatic carbocycles. The van der Waals surface area contributed by atoms with Gasteiger partial charge in [0.1, 0.15) is 18.2 Å². The van der Waals surface area contributed by atoms with E-state index in [1.54, 1.807) is 6.07 Å². The van der Waals surface area contributed by atoms with Crippen LogP contribution in [0.5, 0.6) is 5.75 Å². The van der Waals surface area contributed by atoms with Crippen LogP contribution in [-0.4, -0.2) is 32.4 Å². The molecule has 1 aliphatic heterocycles. The van der Waals surface area contributed by atoms with Crippen molar-refractivity contribution in [1.82, 2.24) is 5.32 Å². The first-order valence-corrected chi connectivity index (χ1v) is 6.47. The number of rotatable bonds is 6. The molecular formula is C14H20FNO2. The summed E-state index contributed by atoms with van der Waals surface area (Å²) in [6.45, 7) is 4.97. The lowest BCUT2D eigenvalue weighted by Gasteiger charge is -2.12. The molecule has 4 heteroatoms. The summed E-state index contributed by atoms with van der Waals surface area (Å²) in [4.78, 5) is 0. The Balaban J connectivity index is 1.62. The third kappa shape index (κ3) is 3.96. The SMILES string of the molecule is Cc1cc(F)ccc1OCCNCC1CCCO1. The number of benzene rings is 1. The van der Waals surface area contributed by atoms with Crippen molar-refractivity contribution < 1.29 is 13.9 Å². The molecule has 1 heterocycles. The molecule has 0 saturated carbocycles. The normalized spacial score (nSPS) is 19.1. The minimum atomic E-state index is -0.226. The van der Waals surface area contributed by atoms with Crippen LogP contribution < -0.4 is 10.1 Å². The maximum atomic E-state index is 12.9. The van der Waals surface area contributed by atoms with Crippen LogP contribution in [0.15, 0.2) is 18.2 Å². The Morgan fingerprint density at radius 2 is 2.39 bits per heavy atom. The maximum Gasteiger partial charge on any atom is 0.123 e. The summed E-state index contributed by atoms with van der Waals surface area (Å²) in [7, 11) is 0. The summed E-state index contributed by atoms with van der Waals surface area (Å²) < 4.78 is 24.0. The van der Waals surface area contributed by atoms with E-state index in [1.807, 2.05) is 6.92 Å². The average molecular weight is 253 g/mol. The van der Waals surface area contributed by atoms with Gasteiger partial charge in [0.2, 0.25) is 0 Å². The molecule has 1 atom stereocenters. The second-order valence-electron chi connectivity index (χ2n) is 4.60. The molecule has 0 radical (unpaired) electrons. The second-order valence-corrected chi connectivity index (χ2v) is 4.60. The predicted molar refractivity (Wildman–Crippen MR) is 68.5 cm³/mol. The van der Waals surface area contributed by atoms with Crippen molar-refractivity contribution in [3.8, 4) is 5.75 Å². The Morgan fingerprint density at radius 1 is 1.50 bits per heavy atom. The van der Waals surface area contributed by atoms with Gasteiger partial charge in [0.15, 0.2) is 0 Å². The minimum Gasteiger partial charge on any atom is -0.492 e. The van der Waals surface area contributed by atoms with Crippen LogP contribution in [0, 0.1) is 12.7 Å². The van der Waals surface area contributed by atoms with Gasteiger partial charge in [-0.15, -0.1) is 0 Å². The molecule has 0 aromatic heterocycles. The van der Waals surface area contributed by atoms with Crippen molar-refractivity contribution in [2.45, 2.75) is 25.9 Å². The molecular weight excluding hydrogens is 233 g/mol. The standard InChI is InChI=1S/C14H20FNO2/c1-11-9-12(15)4-5-14(11)18-8-6-16-10-13-3-2-7-17-13/h4-5,9,13,16H,2-3,6-8,10H2,1H3. The van der Waals surface area contributed by atoms with E-state index in [0.717, 1.165) is 43.9 Å². The smallest absolute Gasteiger partial charge is 0.123 e. The summed E-state index contributed by atoms with van der Waals surface area (Å²) in [5.74, 6) is 0.520. The molecule has 1 N–H and O–H groups in total. The Hall–Kier alpha value is -1.13. The summed E-state index contributed by atoms with van der Waals surface area (Å²) in [6.07, 6.45) is 2.67. The van der Waals surface area contributed by atoms with Crippen LogP contribution >= 0.6 is 0 Å². The third-order valence-electron chi connectivity index (χ3n) is 3.07. The molecule has 1 aromatic rings. The molecule has 100 valence electrons. The first-order valence-electron chi connectivity index (χ1n) is 6.47. The summed E-state index contributed by atoms with van der Waals surface area (Å²) >= 11 is 0. The van der Waals surface area contributed by atoms with E-state index in [4.69, 9.17) is 9.47 Å². The third-order valence-corrected chi connectivity index (χ3v) is 3.07. The fourth-order valence-electron chi connectivity index (χ4n) is 2.08. The van der Waals surface area contributed by atoms with Crippen LogP contribution in [0.3, 0.4) is 0 Å². The van der Waals surface area contributed by atoms with Gasteiger partial charge in [-0.3, -0.25) is 0 Å². The highest BCUT2D eigenvalue weighted by Gasteiger charge is 2.14. The van der Waals surface area contributed by atoms with E-state index >= 15 is 0 Å². The number of hydrogen-bond acceptors (Lipinski definition) is 3. The highest BCUT2D eigenvalue weighted by atomic mass is 19.1. The molecule has 0 spiro atoms. The van der Waals surface area contributed by atoms with Crippen LogP contribution in [0.25, 0.3) is 0 Å². The zero-order chi connectivity index (χ0) is 12.8. The van der Waals surface area contributed by atoms with Gasteiger partial charge in [-0.05, 0) is 43.5 Å². The largest absolute Gasteiger partial charge is 0.492 e. The zero-order valence-corrected chi connectivity index (χ0v) is 10.7. The highest BCUT2D eigenvalue weighted by Crippen LogP contribution is 2.18. The van der Waals surface area contributed by atoms with Crippen molar-refractivity contribution >= 4 is 0 Å². The van der Waals surface area contributed by atoms with E-state index in [9.17, 15) is 4.39 Å².